The van der Waals surface area contributed by atoms with Gasteiger partial charge in [-0.1, -0.05) is 17.7 Å². The van der Waals surface area contributed by atoms with Gasteiger partial charge in [-0.2, -0.15) is 13.2 Å². The van der Waals surface area contributed by atoms with E-state index >= 15 is 0 Å². The van der Waals surface area contributed by atoms with Crippen molar-refractivity contribution < 1.29 is 17.9 Å². The van der Waals surface area contributed by atoms with Crippen molar-refractivity contribution in [2.45, 2.75) is 25.9 Å². The lowest BCUT2D eigenvalue weighted by Gasteiger charge is -2.38. The molecule has 0 saturated carbocycles. The Bertz CT molecular complexity index is 731. The number of halogens is 4. The number of ether oxygens (including phenoxy) is 1. The normalized spacial score (nSPS) is 18.0. The third-order valence-electron chi connectivity index (χ3n) is 5.20. The molecular weight excluding hydrogens is 508 g/mol. The highest BCUT2D eigenvalue weighted by molar-refractivity contribution is 14.0. The summed E-state index contributed by atoms with van der Waals surface area (Å²) in [7, 11) is 0. The van der Waals surface area contributed by atoms with Crippen LogP contribution >= 0.6 is 24.0 Å². The summed E-state index contributed by atoms with van der Waals surface area (Å²) in [4.78, 5) is 8.95. The monoisotopic (exact) mass is 538 g/mol. The number of aliphatic imine (C=N–C) groups is 1. The van der Waals surface area contributed by atoms with Gasteiger partial charge in [-0.25, -0.2) is 0 Å². The molecular formula is C21H30F3IN4O. The van der Waals surface area contributed by atoms with Gasteiger partial charge in [0.1, 0.15) is 0 Å². The maximum Gasteiger partial charge on any atom is 0.416 e. The Kier molecular flexibility index (Phi) is 9.73. The Balaban J connectivity index is 0.00000320. The molecule has 1 aromatic rings. The number of anilines is 1. The van der Waals surface area contributed by atoms with Gasteiger partial charge >= 0.3 is 6.18 Å². The summed E-state index contributed by atoms with van der Waals surface area (Å²) < 4.78 is 44.3. The number of rotatable bonds is 5. The zero-order valence-corrected chi connectivity index (χ0v) is 19.6. The second kappa shape index (κ2) is 11.8. The number of nitrogens with zero attached hydrogens (tertiary/aromatic N) is 3. The Morgan fingerprint density at radius 1 is 1.20 bits per heavy atom. The lowest BCUT2D eigenvalue weighted by molar-refractivity contribution is -0.137. The highest BCUT2D eigenvalue weighted by Gasteiger charge is 2.31. The fraction of sp³-hybridized carbons (Fsp3) is 0.571. The van der Waals surface area contributed by atoms with Gasteiger partial charge in [0.15, 0.2) is 5.96 Å². The SMILES string of the molecule is CCNC(=NCCC1=CCOCC1)N1CCN(c2cccc(C(F)(F)F)c2)CC1.I. The fourth-order valence-electron chi connectivity index (χ4n) is 3.58. The second-order valence-electron chi connectivity index (χ2n) is 7.20. The number of nitrogens with one attached hydrogen (secondary N) is 1. The number of hydrogen-bond acceptors (Lipinski definition) is 3. The van der Waals surface area contributed by atoms with Crippen LogP contribution in [0, 0.1) is 0 Å². The summed E-state index contributed by atoms with van der Waals surface area (Å²) in [6, 6.07) is 5.56. The van der Waals surface area contributed by atoms with Crippen molar-refractivity contribution in [3.63, 3.8) is 0 Å². The molecule has 1 aromatic carbocycles. The molecule has 0 amide bonds. The quantitative estimate of drug-likeness (QED) is 0.265. The average molecular weight is 538 g/mol. The molecule has 0 unspecified atom stereocenters. The zero-order chi connectivity index (χ0) is 20.7. The molecule has 1 saturated heterocycles. The third kappa shape index (κ3) is 7.04. The van der Waals surface area contributed by atoms with Crippen LogP contribution in [-0.4, -0.2) is 63.3 Å². The molecule has 0 aliphatic carbocycles. The minimum atomic E-state index is -4.32. The maximum atomic E-state index is 13.0. The summed E-state index contributed by atoms with van der Waals surface area (Å²) in [6.07, 6.45) is -0.271. The number of piperazine rings is 1. The third-order valence-corrected chi connectivity index (χ3v) is 5.20. The molecule has 0 atom stereocenters. The largest absolute Gasteiger partial charge is 0.416 e. The first-order chi connectivity index (χ1) is 14.0. The molecule has 0 radical (unpaired) electrons. The molecule has 0 aromatic heterocycles. The smallest absolute Gasteiger partial charge is 0.377 e. The first-order valence-electron chi connectivity index (χ1n) is 10.2. The lowest BCUT2D eigenvalue weighted by Crippen LogP contribution is -2.52. The van der Waals surface area contributed by atoms with Crippen LogP contribution in [0.15, 0.2) is 40.9 Å². The van der Waals surface area contributed by atoms with E-state index in [1.807, 2.05) is 11.8 Å². The van der Waals surface area contributed by atoms with E-state index in [9.17, 15) is 13.2 Å². The van der Waals surface area contributed by atoms with Gasteiger partial charge < -0.3 is 19.9 Å². The van der Waals surface area contributed by atoms with E-state index < -0.39 is 11.7 Å². The minimum Gasteiger partial charge on any atom is -0.377 e. The zero-order valence-electron chi connectivity index (χ0n) is 17.2. The van der Waals surface area contributed by atoms with E-state index in [0.717, 1.165) is 57.7 Å². The van der Waals surface area contributed by atoms with E-state index in [0.29, 0.717) is 25.4 Å². The van der Waals surface area contributed by atoms with Crippen LogP contribution < -0.4 is 10.2 Å². The van der Waals surface area contributed by atoms with Crippen LogP contribution in [0.4, 0.5) is 18.9 Å². The minimum absolute atomic E-state index is 0. The number of benzene rings is 1. The highest BCUT2D eigenvalue weighted by atomic mass is 127. The van der Waals surface area contributed by atoms with Crippen molar-refractivity contribution in [1.82, 2.24) is 10.2 Å². The van der Waals surface area contributed by atoms with Crippen LogP contribution in [0.25, 0.3) is 0 Å². The van der Waals surface area contributed by atoms with Crippen molar-refractivity contribution in [3.8, 4) is 0 Å². The van der Waals surface area contributed by atoms with Crippen molar-refractivity contribution >= 4 is 35.6 Å². The van der Waals surface area contributed by atoms with Gasteiger partial charge in [0, 0.05) is 45.0 Å². The predicted octanol–water partition coefficient (Wildman–Crippen LogP) is 4.15. The molecule has 168 valence electrons. The van der Waals surface area contributed by atoms with Gasteiger partial charge in [-0.3, -0.25) is 4.99 Å². The predicted molar refractivity (Wildman–Crippen MR) is 125 cm³/mol. The standard InChI is InChI=1S/C21H29F3N4O.HI/c1-2-25-20(26-9-6-17-7-14-29-15-8-17)28-12-10-27(11-13-28)19-5-3-4-18(16-19)21(22,23)24;/h3-5,7,16H,2,6,8-15H2,1H3,(H,25,26);1H. The molecule has 30 heavy (non-hydrogen) atoms. The Labute approximate surface area is 193 Å². The summed E-state index contributed by atoms with van der Waals surface area (Å²) in [5.41, 5.74) is 1.41. The Hall–Kier alpha value is -1.49. The first kappa shape index (κ1) is 24.8. The van der Waals surface area contributed by atoms with Crippen molar-refractivity contribution in [2.24, 2.45) is 4.99 Å². The van der Waals surface area contributed by atoms with E-state index in [2.05, 4.69) is 16.3 Å². The first-order valence-corrected chi connectivity index (χ1v) is 10.2. The fourth-order valence-corrected chi connectivity index (χ4v) is 3.58. The number of hydrogen-bond donors (Lipinski definition) is 1. The van der Waals surface area contributed by atoms with Gasteiger partial charge in [-0.15, -0.1) is 24.0 Å². The van der Waals surface area contributed by atoms with Crippen LogP contribution in [0.3, 0.4) is 0 Å². The molecule has 2 aliphatic heterocycles. The molecule has 3 rings (SSSR count). The molecule has 2 aliphatic rings. The van der Waals surface area contributed by atoms with E-state index in [4.69, 9.17) is 9.73 Å². The average Bonchev–Trinajstić information content (AvgIpc) is 2.73. The van der Waals surface area contributed by atoms with Gasteiger partial charge in [0.05, 0.1) is 18.8 Å². The Morgan fingerprint density at radius 3 is 2.60 bits per heavy atom. The summed E-state index contributed by atoms with van der Waals surface area (Å²) in [5, 5.41) is 3.34. The van der Waals surface area contributed by atoms with Crippen molar-refractivity contribution in [3.05, 3.63) is 41.5 Å². The van der Waals surface area contributed by atoms with Gasteiger partial charge in [-0.05, 0) is 38.0 Å². The second-order valence-corrected chi connectivity index (χ2v) is 7.20. The lowest BCUT2D eigenvalue weighted by atomic mass is 10.1. The topological polar surface area (TPSA) is 40.1 Å². The van der Waals surface area contributed by atoms with E-state index in [-0.39, 0.29) is 24.0 Å². The molecule has 1 N–H and O–H groups in total. The van der Waals surface area contributed by atoms with Crippen LogP contribution in [-0.2, 0) is 10.9 Å². The summed E-state index contributed by atoms with van der Waals surface area (Å²) in [6.45, 7) is 7.78. The molecule has 1 fully saturated rings. The molecule has 0 bridgehead atoms. The number of alkyl halides is 3. The highest BCUT2D eigenvalue weighted by Crippen LogP contribution is 2.31. The summed E-state index contributed by atoms with van der Waals surface area (Å²) >= 11 is 0. The van der Waals surface area contributed by atoms with Crippen LogP contribution in [0.1, 0.15) is 25.3 Å². The molecule has 5 nitrogen and oxygen atoms in total. The van der Waals surface area contributed by atoms with E-state index in [1.165, 1.54) is 17.7 Å². The van der Waals surface area contributed by atoms with Crippen molar-refractivity contribution in [2.75, 3.05) is 57.4 Å². The number of guanidine groups is 1. The molecule has 2 heterocycles. The maximum absolute atomic E-state index is 13.0. The van der Waals surface area contributed by atoms with E-state index in [1.54, 1.807) is 6.07 Å². The summed E-state index contributed by atoms with van der Waals surface area (Å²) in [5.74, 6) is 0.879. The molecule has 9 heteroatoms. The van der Waals surface area contributed by atoms with Crippen LogP contribution in [0.5, 0.6) is 0 Å². The Morgan fingerprint density at radius 2 is 1.97 bits per heavy atom. The van der Waals surface area contributed by atoms with Crippen molar-refractivity contribution in [1.29, 1.82) is 0 Å². The van der Waals surface area contributed by atoms with Gasteiger partial charge in [0.2, 0.25) is 0 Å². The van der Waals surface area contributed by atoms with Crippen LogP contribution in [0.2, 0.25) is 0 Å². The van der Waals surface area contributed by atoms with Gasteiger partial charge in [0.25, 0.3) is 0 Å². The molecule has 0 spiro atoms.